The molecule has 1 aromatic carbocycles. The highest BCUT2D eigenvalue weighted by atomic mass is 32.1. The highest BCUT2D eigenvalue weighted by Crippen LogP contribution is 2.32. The van der Waals surface area contributed by atoms with E-state index in [4.69, 9.17) is 26.4 Å². The number of rotatable bonds is 4. The molecule has 136 valence electrons. The molecular formula is C18H26N3O3S+. The lowest BCUT2D eigenvalue weighted by atomic mass is 10.1. The average Bonchev–Trinajstić information content (AvgIpc) is 3.31. The van der Waals surface area contributed by atoms with Gasteiger partial charge in [-0.15, -0.1) is 0 Å². The Labute approximate surface area is 154 Å². The van der Waals surface area contributed by atoms with E-state index in [-0.39, 0.29) is 0 Å². The number of ether oxygens (including phenoxy) is 3. The van der Waals surface area contributed by atoms with Crippen LogP contribution in [0.3, 0.4) is 0 Å². The molecule has 0 bridgehead atoms. The van der Waals surface area contributed by atoms with Gasteiger partial charge in [-0.2, -0.15) is 0 Å². The Hall–Kier alpha value is -1.57. The first-order valence-corrected chi connectivity index (χ1v) is 9.55. The quantitative estimate of drug-likeness (QED) is 0.743. The van der Waals surface area contributed by atoms with Crippen molar-refractivity contribution in [1.29, 1.82) is 0 Å². The van der Waals surface area contributed by atoms with E-state index < -0.39 is 0 Å². The maximum absolute atomic E-state index is 5.64. The second kappa shape index (κ2) is 7.76. The van der Waals surface area contributed by atoms with Crippen molar-refractivity contribution in [3.05, 3.63) is 23.8 Å². The fourth-order valence-corrected chi connectivity index (χ4v) is 3.93. The third-order valence-electron chi connectivity index (χ3n) is 5.15. The molecule has 2 saturated heterocycles. The van der Waals surface area contributed by atoms with Crippen LogP contribution in [0.5, 0.6) is 11.5 Å². The Kier molecular flexibility index (Phi) is 5.24. The van der Waals surface area contributed by atoms with Crippen molar-refractivity contribution in [3.63, 3.8) is 0 Å². The second-order valence-corrected chi connectivity index (χ2v) is 7.31. The van der Waals surface area contributed by atoms with Crippen LogP contribution < -0.4 is 19.7 Å². The van der Waals surface area contributed by atoms with Gasteiger partial charge >= 0.3 is 0 Å². The van der Waals surface area contributed by atoms with E-state index in [0.717, 1.165) is 68.9 Å². The van der Waals surface area contributed by atoms with E-state index in [1.54, 1.807) is 4.90 Å². The van der Waals surface area contributed by atoms with Gasteiger partial charge in [0.05, 0.1) is 32.3 Å². The van der Waals surface area contributed by atoms with Crippen LogP contribution in [-0.2, 0) is 11.3 Å². The lowest BCUT2D eigenvalue weighted by Crippen LogP contribution is -3.13. The third kappa shape index (κ3) is 4.16. The summed E-state index contributed by atoms with van der Waals surface area (Å²) in [5, 5.41) is 4.25. The highest BCUT2D eigenvalue weighted by molar-refractivity contribution is 7.80. The van der Waals surface area contributed by atoms with Crippen LogP contribution in [0.25, 0.3) is 0 Å². The molecule has 6 nitrogen and oxygen atoms in total. The zero-order valence-corrected chi connectivity index (χ0v) is 15.3. The van der Waals surface area contributed by atoms with Crippen molar-refractivity contribution in [1.82, 2.24) is 10.2 Å². The predicted octanol–water partition coefficient (Wildman–Crippen LogP) is 0.169. The standard InChI is InChI=1S/C18H25N3O3S/c25-18(19-11-15-2-1-9-22-15)21-7-5-20(6-8-21)12-14-3-4-16-17(10-14)24-13-23-16/h3-4,10,15H,1-2,5-9,11-13H2,(H,19,25)/p+1/t15-/m0/s1. The Morgan fingerprint density at radius 3 is 2.88 bits per heavy atom. The second-order valence-electron chi connectivity index (χ2n) is 6.92. The zero-order chi connectivity index (χ0) is 17.1. The maximum Gasteiger partial charge on any atom is 0.231 e. The van der Waals surface area contributed by atoms with Crippen LogP contribution in [0.2, 0.25) is 0 Å². The zero-order valence-electron chi connectivity index (χ0n) is 14.5. The molecule has 0 unspecified atom stereocenters. The van der Waals surface area contributed by atoms with Crippen LogP contribution in [-0.4, -0.2) is 62.2 Å². The summed E-state index contributed by atoms with van der Waals surface area (Å²) in [6.45, 7) is 7.26. The van der Waals surface area contributed by atoms with E-state index in [9.17, 15) is 0 Å². The summed E-state index contributed by atoms with van der Waals surface area (Å²) in [7, 11) is 0. The summed E-state index contributed by atoms with van der Waals surface area (Å²) in [5.41, 5.74) is 1.30. The molecule has 2 N–H and O–H groups in total. The van der Waals surface area contributed by atoms with E-state index in [1.807, 2.05) is 6.07 Å². The minimum Gasteiger partial charge on any atom is -0.454 e. The van der Waals surface area contributed by atoms with E-state index in [2.05, 4.69) is 22.3 Å². The lowest BCUT2D eigenvalue weighted by molar-refractivity contribution is -0.917. The van der Waals surface area contributed by atoms with Gasteiger partial charge < -0.3 is 29.3 Å². The highest BCUT2D eigenvalue weighted by Gasteiger charge is 2.24. The maximum atomic E-state index is 5.64. The monoisotopic (exact) mass is 364 g/mol. The number of fused-ring (bicyclic) bond motifs is 1. The molecule has 0 saturated carbocycles. The molecule has 3 aliphatic heterocycles. The van der Waals surface area contributed by atoms with Crippen LogP contribution in [0.1, 0.15) is 18.4 Å². The van der Waals surface area contributed by atoms with Gasteiger partial charge in [-0.05, 0) is 43.3 Å². The number of benzene rings is 1. The summed E-state index contributed by atoms with van der Waals surface area (Å²) in [5.74, 6) is 1.72. The van der Waals surface area contributed by atoms with E-state index in [1.165, 1.54) is 12.0 Å². The molecule has 2 fully saturated rings. The lowest BCUT2D eigenvalue weighted by Gasteiger charge is -2.34. The van der Waals surface area contributed by atoms with Crippen molar-refractivity contribution in [3.8, 4) is 11.5 Å². The molecule has 0 aliphatic carbocycles. The predicted molar refractivity (Wildman–Crippen MR) is 98.1 cm³/mol. The Morgan fingerprint density at radius 1 is 1.24 bits per heavy atom. The number of nitrogens with zero attached hydrogens (tertiary/aromatic N) is 1. The van der Waals surface area contributed by atoms with Crippen molar-refractivity contribution < 1.29 is 19.1 Å². The van der Waals surface area contributed by atoms with E-state index >= 15 is 0 Å². The van der Waals surface area contributed by atoms with Gasteiger partial charge in [0.1, 0.15) is 6.54 Å². The Balaban J connectivity index is 1.22. The molecule has 4 rings (SSSR count). The number of quaternary nitrogens is 1. The van der Waals surface area contributed by atoms with Crippen molar-refractivity contribution >= 4 is 17.3 Å². The van der Waals surface area contributed by atoms with Gasteiger partial charge in [0.25, 0.3) is 0 Å². The number of piperazine rings is 1. The third-order valence-corrected chi connectivity index (χ3v) is 5.56. The first kappa shape index (κ1) is 16.9. The van der Waals surface area contributed by atoms with Crippen LogP contribution in [0.4, 0.5) is 0 Å². The van der Waals surface area contributed by atoms with Gasteiger partial charge in [0.15, 0.2) is 16.6 Å². The van der Waals surface area contributed by atoms with Gasteiger partial charge in [-0.25, -0.2) is 0 Å². The largest absolute Gasteiger partial charge is 0.454 e. The number of hydrogen-bond acceptors (Lipinski definition) is 4. The van der Waals surface area contributed by atoms with Crippen molar-refractivity contribution in [2.24, 2.45) is 0 Å². The molecular weight excluding hydrogens is 338 g/mol. The first-order chi connectivity index (χ1) is 12.3. The van der Waals surface area contributed by atoms with Crippen LogP contribution >= 0.6 is 12.2 Å². The summed E-state index contributed by atoms with van der Waals surface area (Å²) < 4.78 is 16.5. The molecule has 0 amide bonds. The topological polar surface area (TPSA) is 47.4 Å². The minimum absolute atomic E-state index is 0.330. The van der Waals surface area contributed by atoms with Gasteiger partial charge in [0, 0.05) is 18.7 Å². The molecule has 3 aliphatic rings. The summed E-state index contributed by atoms with van der Waals surface area (Å²) >= 11 is 5.55. The van der Waals surface area contributed by atoms with Crippen molar-refractivity contribution in [2.45, 2.75) is 25.5 Å². The molecule has 0 radical (unpaired) electrons. The van der Waals surface area contributed by atoms with E-state index in [0.29, 0.717) is 12.9 Å². The normalized spacial score (nSPS) is 23.0. The fourth-order valence-electron chi connectivity index (χ4n) is 3.66. The van der Waals surface area contributed by atoms with Gasteiger partial charge in [0.2, 0.25) is 6.79 Å². The summed E-state index contributed by atoms with van der Waals surface area (Å²) in [6.07, 6.45) is 2.64. The number of nitrogens with one attached hydrogen (secondary N) is 2. The molecule has 3 heterocycles. The average molecular weight is 364 g/mol. The molecule has 7 heteroatoms. The van der Waals surface area contributed by atoms with Crippen LogP contribution in [0.15, 0.2) is 18.2 Å². The fraction of sp³-hybridized carbons (Fsp3) is 0.611. The summed E-state index contributed by atoms with van der Waals surface area (Å²) in [4.78, 5) is 3.87. The van der Waals surface area contributed by atoms with Crippen molar-refractivity contribution in [2.75, 3.05) is 46.1 Å². The Bertz CT molecular complexity index is 614. The SMILES string of the molecule is S=C(NC[C@@H]1CCCO1)N1CC[NH+](Cc2ccc3c(c2)OCO3)CC1. The number of hydrogen-bond donors (Lipinski definition) is 2. The number of thiocarbonyl (C=S) groups is 1. The molecule has 0 aromatic heterocycles. The first-order valence-electron chi connectivity index (χ1n) is 9.14. The Morgan fingerprint density at radius 2 is 2.08 bits per heavy atom. The molecule has 1 atom stereocenters. The molecule has 25 heavy (non-hydrogen) atoms. The smallest absolute Gasteiger partial charge is 0.231 e. The molecule has 1 aromatic rings. The van der Waals surface area contributed by atoms with Gasteiger partial charge in [-0.1, -0.05) is 0 Å². The minimum atomic E-state index is 0.330. The summed E-state index contributed by atoms with van der Waals surface area (Å²) in [6, 6.07) is 6.26. The van der Waals surface area contributed by atoms with Gasteiger partial charge in [-0.3, -0.25) is 0 Å². The van der Waals surface area contributed by atoms with Crippen LogP contribution in [0, 0.1) is 0 Å². The molecule has 0 spiro atoms.